The zero-order valence-corrected chi connectivity index (χ0v) is 26.0. The van der Waals surface area contributed by atoms with Crippen molar-refractivity contribution >= 4 is 39.7 Å². The number of carboxylic acid groups (broad SMARTS) is 2. The molecule has 15 heteroatoms. The van der Waals surface area contributed by atoms with E-state index in [-0.39, 0.29) is 37.1 Å². The Morgan fingerprint density at radius 2 is 1.51 bits per heavy atom. The van der Waals surface area contributed by atoms with Crippen LogP contribution in [0.2, 0.25) is 0 Å². The summed E-state index contributed by atoms with van der Waals surface area (Å²) in [5.74, 6) is -4.64. The number of amides is 3. The maximum absolute atomic E-state index is 13.6. The molecule has 0 saturated carbocycles. The molecular weight excluding hydrogens is 608 g/mol. The van der Waals surface area contributed by atoms with E-state index in [1.165, 1.54) is 18.2 Å². The van der Waals surface area contributed by atoms with E-state index in [4.69, 9.17) is 9.84 Å². The van der Waals surface area contributed by atoms with Crippen LogP contribution in [0, 0.1) is 0 Å². The molecule has 6 N–H and O–H groups in total. The van der Waals surface area contributed by atoms with Gasteiger partial charge >= 0.3 is 11.9 Å². The van der Waals surface area contributed by atoms with Crippen LogP contribution >= 0.6 is 0 Å². The number of hydrogen-bond acceptors (Lipinski definition) is 8. The molecule has 0 aromatic heterocycles. The number of rotatable bonds is 20. The van der Waals surface area contributed by atoms with Crippen LogP contribution in [0.15, 0.2) is 48.5 Å². The number of carbonyl (C=O) groups excluding carboxylic acids is 3. The summed E-state index contributed by atoms with van der Waals surface area (Å²) in [6.45, 7) is 1.43. The lowest BCUT2D eigenvalue weighted by Gasteiger charge is -2.24. The summed E-state index contributed by atoms with van der Waals surface area (Å²) >= 11 is 0. The molecule has 246 valence electrons. The lowest BCUT2D eigenvalue weighted by Crippen LogP contribution is -2.55. The van der Waals surface area contributed by atoms with Gasteiger partial charge in [-0.1, -0.05) is 56.2 Å². The van der Waals surface area contributed by atoms with E-state index in [0.29, 0.717) is 18.5 Å². The van der Waals surface area contributed by atoms with Gasteiger partial charge in [-0.25, -0.2) is 22.7 Å². The average Bonchev–Trinajstić information content (AvgIpc) is 2.97. The van der Waals surface area contributed by atoms with Crippen molar-refractivity contribution in [3.05, 3.63) is 65.2 Å². The molecule has 0 spiro atoms. The summed E-state index contributed by atoms with van der Waals surface area (Å²) in [7, 11) is -3.52. The van der Waals surface area contributed by atoms with Crippen LogP contribution in [0.4, 0.5) is 0 Å². The predicted octanol–water partition coefficient (Wildman–Crippen LogP) is 0.849. The Balaban J connectivity index is 2.31. The van der Waals surface area contributed by atoms with Crippen molar-refractivity contribution in [2.24, 2.45) is 0 Å². The highest BCUT2D eigenvalue weighted by Gasteiger charge is 2.28. The van der Waals surface area contributed by atoms with Crippen LogP contribution in [0.5, 0.6) is 5.75 Å². The third kappa shape index (κ3) is 14.2. The number of carboxylic acids is 2. The number of ether oxygens (including phenoxy) is 1. The molecule has 2 aromatic carbocycles. The number of benzene rings is 2. The summed E-state index contributed by atoms with van der Waals surface area (Å²) in [6.07, 6.45) is 3.16. The van der Waals surface area contributed by atoms with Crippen molar-refractivity contribution in [2.45, 2.75) is 57.5 Å². The molecule has 2 aromatic rings. The molecule has 0 unspecified atom stereocenters. The molecular formula is C30H40N4O10S. The molecule has 0 aliphatic carbocycles. The Bertz CT molecular complexity index is 1430. The van der Waals surface area contributed by atoms with Crippen LogP contribution < -0.4 is 25.4 Å². The summed E-state index contributed by atoms with van der Waals surface area (Å²) in [4.78, 5) is 62.3. The van der Waals surface area contributed by atoms with Gasteiger partial charge in [0.25, 0.3) is 0 Å². The van der Waals surface area contributed by atoms with Gasteiger partial charge in [-0.15, -0.1) is 0 Å². The largest absolute Gasteiger partial charge is 0.481 e. The van der Waals surface area contributed by atoms with Gasteiger partial charge in [-0.05, 0) is 29.7 Å². The van der Waals surface area contributed by atoms with Gasteiger partial charge in [0.2, 0.25) is 27.7 Å². The van der Waals surface area contributed by atoms with Crippen molar-refractivity contribution in [2.75, 3.05) is 26.0 Å². The third-order valence-corrected chi connectivity index (χ3v) is 7.16. The Hall–Kier alpha value is -4.50. The second-order valence-electron chi connectivity index (χ2n) is 10.3. The van der Waals surface area contributed by atoms with Gasteiger partial charge in [0.1, 0.15) is 23.4 Å². The SMILES string of the molecule is CCCCCNC(=O)[C@H](Cc1ccc(OCC(=O)O)c(C(=O)O)c1)NC(=O)[C@H](Cc1ccccc1)NC(=O)CCNS(C)(=O)=O. The molecule has 2 rings (SSSR count). The molecule has 0 radical (unpaired) electrons. The van der Waals surface area contributed by atoms with E-state index >= 15 is 0 Å². The summed E-state index contributed by atoms with van der Waals surface area (Å²) in [5, 5.41) is 26.6. The fourth-order valence-corrected chi connectivity index (χ4v) is 4.71. The molecule has 0 aliphatic heterocycles. The second kappa shape index (κ2) is 18.3. The molecule has 45 heavy (non-hydrogen) atoms. The maximum atomic E-state index is 13.6. The minimum absolute atomic E-state index is 0.0710. The van der Waals surface area contributed by atoms with E-state index in [1.54, 1.807) is 30.3 Å². The molecule has 0 saturated heterocycles. The number of nitrogens with one attached hydrogen (secondary N) is 4. The van der Waals surface area contributed by atoms with E-state index < -0.39 is 58.4 Å². The van der Waals surface area contributed by atoms with E-state index in [2.05, 4.69) is 20.7 Å². The van der Waals surface area contributed by atoms with Crippen molar-refractivity contribution in [3.8, 4) is 5.75 Å². The van der Waals surface area contributed by atoms with Crippen LogP contribution in [-0.2, 0) is 42.0 Å². The highest BCUT2D eigenvalue weighted by Crippen LogP contribution is 2.21. The topological polar surface area (TPSA) is 217 Å². The van der Waals surface area contributed by atoms with E-state index in [0.717, 1.165) is 24.7 Å². The van der Waals surface area contributed by atoms with Crippen LogP contribution in [0.25, 0.3) is 0 Å². The molecule has 2 atom stereocenters. The maximum Gasteiger partial charge on any atom is 0.341 e. The minimum Gasteiger partial charge on any atom is -0.481 e. The normalized spacial score (nSPS) is 12.4. The Labute approximate surface area is 262 Å². The van der Waals surface area contributed by atoms with Gasteiger partial charge in [0.05, 0.1) is 6.26 Å². The first-order chi connectivity index (χ1) is 21.3. The first-order valence-electron chi connectivity index (χ1n) is 14.4. The molecule has 0 heterocycles. The summed E-state index contributed by atoms with van der Waals surface area (Å²) < 4.78 is 30.0. The number of hydrogen-bond donors (Lipinski definition) is 6. The first kappa shape index (κ1) is 36.7. The lowest BCUT2D eigenvalue weighted by molar-refractivity contribution is -0.139. The standard InChI is InChI=1S/C30H40N4O10S/c1-3-4-8-14-31-28(38)23(18-21-11-12-25(44-19-27(36)37)22(16-21)30(40)41)34-29(39)24(17-20-9-6-5-7-10-20)33-26(35)13-15-32-45(2,42)43/h5-7,9-12,16,23-24,32H,3-4,8,13-15,17-19H2,1-2H3,(H,31,38)(H,33,35)(H,34,39)(H,36,37)(H,40,41)/t23-,24-/m0/s1. The zero-order valence-electron chi connectivity index (χ0n) is 25.2. The van der Waals surface area contributed by atoms with E-state index in [9.17, 15) is 37.5 Å². The highest BCUT2D eigenvalue weighted by atomic mass is 32.2. The number of aliphatic carboxylic acids is 1. The number of unbranched alkanes of at least 4 members (excludes halogenated alkanes) is 2. The van der Waals surface area contributed by atoms with Crippen LogP contribution in [0.1, 0.15) is 54.1 Å². The van der Waals surface area contributed by atoms with Gasteiger partial charge in [0.15, 0.2) is 6.61 Å². The van der Waals surface area contributed by atoms with Gasteiger partial charge in [0, 0.05) is 32.4 Å². The quantitative estimate of drug-likeness (QED) is 0.111. The van der Waals surface area contributed by atoms with Crippen molar-refractivity contribution in [3.63, 3.8) is 0 Å². The Morgan fingerprint density at radius 3 is 2.13 bits per heavy atom. The van der Waals surface area contributed by atoms with Crippen LogP contribution in [-0.4, -0.2) is 86.3 Å². The molecule has 3 amide bonds. The average molecular weight is 649 g/mol. The zero-order chi connectivity index (χ0) is 33.4. The molecule has 0 fully saturated rings. The fraction of sp³-hybridized carbons (Fsp3) is 0.433. The van der Waals surface area contributed by atoms with Crippen molar-refractivity contribution in [1.29, 1.82) is 0 Å². The van der Waals surface area contributed by atoms with Crippen LogP contribution in [0.3, 0.4) is 0 Å². The summed E-state index contributed by atoms with van der Waals surface area (Å²) in [6, 6.07) is 10.5. The first-order valence-corrected chi connectivity index (χ1v) is 16.2. The summed E-state index contributed by atoms with van der Waals surface area (Å²) in [5.41, 5.74) is 0.745. The van der Waals surface area contributed by atoms with Crippen molar-refractivity contribution < 1.29 is 47.3 Å². The predicted molar refractivity (Wildman–Crippen MR) is 164 cm³/mol. The highest BCUT2D eigenvalue weighted by molar-refractivity contribution is 7.88. The fourth-order valence-electron chi connectivity index (χ4n) is 4.24. The molecule has 14 nitrogen and oxygen atoms in total. The number of carbonyl (C=O) groups is 5. The minimum atomic E-state index is -3.52. The van der Waals surface area contributed by atoms with E-state index in [1.807, 2.05) is 6.92 Å². The van der Waals surface area contributed by atoms with Gasteiger partial charge in [-0.3, -0.25) is 14.4 Å². The Morgan fingerprint density at radius 1 is 0.844 bits per heavy atom. The Kier molecular flexibility index (Phi) is 15.0. The number of sulfonamides is 1. The number of aromatic carboxylic acids is 1. The molecule has 0 bridgehead atoms. The lowest BCUT2D eigenvalue weighted by atomic mass is 10.0. The smallest absolute Gasteiger partial charge is 0.341 e. The molecule has 0 aliphatic rings. The second-order valence-corrected chi connectivity index (χ2v) is 12.1. The van der Waals surface area contributed by atoms with Crippen molar-refractivity contribution in [1.82, 2.24) is 20.7 Å². The monoisotopic (exact) mass is 648 g/mol. The van der Waals surface area contributed by atoms with Gasteiger partial charge < -0.3 is 30.9 Å². The van der Waals surface area contributed by atoms with Gasteiger partial charge in [-0.2, -0.15) is 0 Å². The third-order valence-electron chi connectivity index (χ3n) is 6.43.